The number of amidine groups is 1. The van der Waals surface area contributed by atoms with Crippen LogP contribution in [0.3, 0.4) is 0 Å². The van der Waals surface area contributed by atoms with Crippen molar-refractivity contribution in [2.75, 3.05) is 25.9 Å². The molecule has 2 fully saturated rings. The Morgan fingerprint density at radius 2 is 2.33 bits per heavy atom. The Bertz CT molecular complexity index is 263. The summed E-state index contributed by atoms with van der Waals surface area (Å²) in [5.41, 5.74) is 0.231. The lowest BCUT2D eigenvalue weighted by atomic mass is 10.0. The van der Waals surface area contributed by atoms with Gasteiger partial charge in [-0.15, -0.1) is 0 Å². The number of nitrogens with zero attached hydrogens (tertiary/aromatic N) is 2. The molecule has 0 amide bonds. The molecule has 0 bridgehead atoms. The molecule has 0 aromatic heterocycles. The average molecular weight is 227 g/mol. The number of rotatable bonds is 1. The van der Waals surface area contributed by atoms with Crippen LogP contribution in [0.15, 0.2) is 4.99 Å². The van der Waals surface area contributed by atoms with Crippen LogP contribution in [-0.2, 0) is 0 Å². The predicted molar refractivity (Wildman–Crippen MR) is 67.6 cm³/mol. The lowest BCUT2D eigenvalue weighted by Gasteiger charge is -2.32. The quantitative estimate of drug-likeness (QED) is 0.736. The van der Waals surface area contributed by atoms with Gasteiger partial charge in [-0.2, -0.15) is 0 Å². The van der Waals surface area contributed by atoms with Crippen LogP contribution in [0.25, 0.3) is 0 Å². The van der Waals surface area contributed by atoms with Crippen molar-refractivity contribution >= 4 is 16.9 Å². The number of nitrogens with one attached hydrogen (secondary N) is 1. The summed E-state index contributed by atoms with van der Waals surface area (Å²) in [5.74, 6) is 1.20. The molecule has 1 atom stereocenters. The van der Waals surface area contributed by atoms with E-state index in [1.165, 1.54) is 25.1 Å². The Hall–Kier alpha value is -0.220. The van der Waals surface area contributed by atoms with E-state index in [0.717, 1.165) is 11.7 Å². The molecule has 0 spiro atoms. The van der Waals surface area contributed by atoms with Gasteiger partial charge in [-0.25, -0.2) is 0 Å². The SMILES string of the molecule is CN1CCC(N=C2NC(C)(C)CCS2)C1. The largest absolute Gasteiger partial charge is 0.360 e. The number of hydrogen-bond donors (Lipinski definition) is 1. The average Bonchev–Trinajstić information content (AvgIpc) is 2.49. The lowest BCUT2D eigenvalue weighted by molar-refractivity contribution is 0.410. The highest BCUT2D eigenvalue weighted by atomic mass is 32.2. The second kappa shape index (κ2) is 4.34. The topological polar surface area (TPSA) is 27.6 Å². The third kappa shape index (κ3) is 3.11. The molecule has 2 rings (SSSR count). The molecule has 0 radical (unpaired) electrons. The van der Waals surface area contributed by atoms with Crippen LogP contribution in [-0.4, -0.2) is 47.5 Å². The fourth-order valence-electron chi connectivity index (χ4n) is 2.04. The van der Waals surface area contributed by atoms with Gasteiger partial charge in [0.25, 0.3) is 0 Å². The summed E-state index contributed by atoms with van der Waals surface area (Å²) in [4.78, 5) is 7.16. The number of likely N-dealkylation sites (N-methyl/N-ethyl adjacent to an activating group) is 1. The van der Waals surface area contributed by atoms with Crippen LogP contribution in [0.4, 0.5) is 0 Å². The first-order valence-electron chi connectivity index (χ1n) is 5.72. The summed E-state index contributed by atoms with van der Waals surface area (Å²) in [6, 6.07) is 0.513. The molecular weight excluding hydrogens is 206 g/mol. The first-order chi connectivity index (χ1) is 7.05. The van der Waals surface area contributed by atoms with E-state index in [1.807, 2.05) is 11.8 Å². The van der Waals surface area contributed by atoms with Gasteiger partial charge in [0, 0.05) is 17.8 Å². The Kier molecular flexibility index (Phi) is 3.26. The molecule has 3 nitrogen and oxygen atoms in total. The van der Waals surface area contributed by atoms with Crippen LogP contribution in [0, 0.1) is 0 Å². The maximum atomic E-state index is 4.81. The minimum atomic E-state index is 0.231. The van der Waals surface area contributed by atoms with Crippen LogP contribution < -0.4 is 5.32 Å². The molecule has 0 aromatic rings. The van der Waals surface area contributed by atoms with E-state index in [9.17, 15) is 0 Å². The van der Waals surface area contributed by atoms with Crippen molar-refractivity contribution in [3.8, 4) is 0 Å². The monoisotopic (exact) mass is 227 g/mol. The molecule has 0 saturated carbocycles. The standard InChI is InChI=1S/C11H21N3S/c1-11(2)5-7-15-10(13-11)12-9-4-6-14(3)8-9/h9H,4-8H2,1-3H3,(H,12,13). The van der Waals surface area contributed by atoms with Gasteiger partial charge in [0.05, 0.1) is 6.04 Å². The minimum absolute atomic E-state index is 0.231. The Labute approximate surface area is 96.7 Å². The van der Waals surface area contributed by atoms with Crippen molar-refractivity contribution in [1.82, 2.24) is 10.2 Å². The lowest BCUT2D eigenvalue weighted by Crippen LogP contribution is -2.46. The zero-order valence-electron chi connectivity index (χ0n) is 9.92. The highest BCUT2D eigenvalue weighted by Gasteiger charge is 2.26. The Balaban J connectivity index is 1.95. The second-order valence-electron chi connectivity index (χ2n) is 5.25. The van der Waals surface area contributed by atoms with Gasteiger partial charge >= 0.3 is 0 Å². The van der Waals surface area contributed by atoms with Crippen molar-refractivity contribution in [3.05, 3.63) is 0 Å². The summed E-state index contributed by atoms with van der Waals surface area (Å²) >= 11 is 1.87. The molecule has 2 heterocycles. The first kappa shape index (κ1) is 11.3. The van der Waals surface area contributed by atoms with Crippen LogP contribution in [0.1, 0.15) is 26.7 Å². The van der Waals surface area contributed by atoms with Gasteiger partial charge in [0.1, 0.15) is 0 Å². The van der Waals surface area contributed by atoms with Crippen molar-refractivity contribution in [1.29, 1.82) is 0 Å². The van der Waals surface area contributed by atoms with Crippen molar-refractivity contribution in [2.24, 2.45) is 4.99 Å². The number of hydrogen-bond acceptors (Lipinski definition) is 3. The summed E-state index contributed by atoms with van der Waals surface area (Å²) in [6.07, 6.45) is 2.43. The molecule has 2 aliphatic rings. The van der Waals surface area contributed by atoms with Gasteiger partial charge in [-0.3, -0.25) is 4.99 Å². The molecule has 0 aliphatic carbocycles. The predicted octanol–water partition coefficient (Wildman–Crippen LogP) is 1.55. The van der Waals surface area contributed by atoms with Crippen LogP contribution >= 0.6 is 11.8 Å². The van der Waals surface area contributed by atoms with Gasteiger partial charge in [0.15, 0.2) is 5.17 Å². The number of aliphatic imine (C=N–C) groups is 1. The Morgan fingerprint density at radius 1 is 1.53 bits per heavy atom. The zero-order chi connectivity index (χ0) is 10.9. The fraction of sp³-hybridized carbons (Fsp3) is 0.909. The first-order valence-corrected chi connectivity index (χ1v) is 6.71. The molecule has 4 heteroatoms. The third-order valence-electron chi connectivity index (χ3n) is 3.08. The van der Waals surface area contributed by atoms with Crippen molar-refractivity contribution in [3.63, 3.8) is 0 Å². The van der Waals surface area contributed by atoms with Crippen molar-refractivity contribution < 1.29 is 0 Å². The normalized spacial score (nSPS) is 34.3. The fourth-order valence-corrected chi connectivity index (χ4v) is 3.42. The van der Waals surface area contributed by atoms with Gasteiger partial charge in [-0.05, 0) is 40.3 Å². The summed E-state index contributed by atoms with van der Waals surface area (Å²) in [6.45, 7) is 6.81. The van der Waals surface area contributed by atoms with E-state index in [4.69, 9.17) is 4.99 Å². The molecular formula is C11H21N3S. The number of thioether (sulfide) groups is 1. The van der Waals surface area contributed by atoms with E-state index in [-0.39, 0.29) is 5.54 Å². The van der Waals surface area contributed by atoms with E-state index < -0.39 is 0 Å². The zero-order valence-corrected chi connectivity index (χ0v) is 10.7. The molecule has 2 aliphatic heterocycles. The second-order valence-corrected chi connectivity index (χ2v) is 6.33. The number of likely N-dealkylation sites (tertiary alicyclic amines) is 1. The summed E-state index contributed by atoms with van der Waals surface area (Å²) in [7, 11) is 2.17. The maximum Gasteiger partial charge on any atom is 0.157 e. The Morgan fingerprint density at radius 3 is 2.93 bits per heavy atom. The van der Waals surface area contributed by atoms with Gasteiger partial charge in [-0.1, -0.05) is 11.8 Å². The highest BCUT2D eigenvalue weighted by Crippen LogP contribution is 2.23. The molecule has 1 unspecified atom stereocenters. The molecule has 2 saturated heterocycles. The van der Waals surface area contributed by atoms with Gasteiger partial charge in [0.2, 0.25) is 0 Å². The van der Waals surface area contributed by atoms with Gasteiger partial charge < -0.3 is 10.2 Å². The minimum Gasteiger partial charge on any atom is -0.360 e. The molecule has 0 aromatic carbocycles. The van der Waals surface area contributed by atoms with E-state index in [2.05, 4.69) is 31.1 Å². The van der Waals surface area contributed by atoms with Crippen LogP contribution in [0.5, 0.6) is 0 Å². The van der Waals surface area contributed by atoms with E-state index in [1.54, 1.807) is 0 Å². The molecule has 15 heavy (non-hydrogen) atoms. The third-order valence-corrected chi connectivity index (χ3v) is 3.97. The maximum absolute atomic E-state index is 4.81. The summed E-state index contributed by atoms with van der Waals surface area (Å²) in [5, 5.41) is 4.69. The molecule has 1 N–H and O–H groups in total. The smallest absolute Gasteiger partial charge is 0.157 e. The summed E-state index contributed by atoms with van der Waals surface area (Å²) < 4.78 is 0. The van der Waals surface area contributed by atoms with E-state index >= 15 is 0 Å². The van der Waals surface area contributed by atoms with Crippen molar-refractivity contribution in [2.45, 2.75) is 38.3 Å². The molecule has 86 valence electrons. The van der Waals surface area contributed by atoms with E-state index in [0.29, 0.717) is 6.04 Å². The highest BCUT2D eigenvalue weighted by molar-refractivity contribution is 8.13. The van der Waals surface area contributed by atoms with Crippen LogP contribution in [0.2, 0.25) is 0 Å².